The van der Waals surface area contributed by atoms with Gasteiger partial charge in [0.1, 0.15) is 5.75 Å². The number of hydrogen-bond acceptors (Lipinski definition) is 2. The van der Waals surface area contributed by atoms with Crippen LogP contribution in [0.2, 0.25) is 0 Å². The van der Waals surface area contributed by atoms with E-state index in [1.54, 1.807) is 7.11 Å². The van der Waals surface area contributed by atoms with Crippen molar-refractivity contribution in [1.82, 2.24) is 0 Å². The topological polar surface area (TPSA) is 29.5 Å². The number of methoxy groups -OCH3 is 1. The summed E-state index contributed by atoms with van der Waals surface area (Å²) in [5.74, 6) is 0.816. The Bertz CT molecular complexity index is 513. The zero-order valence-corrected chi connectivity index (χ0v) is 10.3. The second-order valence-corrected chi connectivity index (χ2v) is 3.97. The van der Waals surface area contributed by atoms with Crippen molar-refractivity contribution in [2.45, 2.75) is 0 Å². The first-order valence-electron chi connectivity index (χ1n) is 5.84. The maximum absolute atomic E-state index is 9.47. The van der Waals surface area contributed by atoms with Crippen molar-refractivity contribution in [1.29, 1.82) is 0 Å². The number of aliphatic hydroxyl groups is 1. The molecule has 0 aliphatic rings. The Balaban J connectivity index is 2.30. The molecule has 0 amide bonds. The van der Waals surface area contributed by atoms with Crippen molar-refractivity contribution in [3.8, 4) is 5.75 Å². The molecule has 2 aromatic carbocycles. The summed E-state index contributed by atoms with van der Waals surface area (Å²) < 4.78 is 5.12. The van der Waals surface area contributed by atoms with Gasteiger partial charge in [0.25, 0.3) is 0 Å². The van der Waals surface area contributed by atoms with Gasteiger partial charge in [-0.15, -0.1) is 0 Å². The Labute approximate surface area is 107 Å². The van der Waals surface area contributed by atoms with Gasteiger partial charge in [-0.3, -0.25) is 0 Å². The Morgan fingerprint density at radius 2 is 1.72 bits per heavy atom. The average Bonchev–Trinajstić information content (AvgIpc) is 2.46. The van der Waals surface area contributed by atoms with Crippen LogP contribution in [0, 0.1) is 0 Å². The third-order valence-electron chi connectivity index (χ3n) is 2.77. The summed E-state index contributed by atoms with van der Waals surface area (Å²) >= 11 is 0. The molecule has 0 unspecified atom stereocenters. The van der Waals surface area contributed by atoms with Crippen molar-refractivity contribution in [2.75, 3.05) is 13.7 Å². The van der Waals surface area contributed by atoms with E-state index in [9.17, 15) is 5.11 Å². The van der Waals surface area contributed by atoms with Gasteiger partial charge in [-0.1, -0.05) is 42.5 Å². The number of rotatable bonds is 4. The third-order valence-corrected chi connectivity index (χ3v) is 2.77. The van der Waals surface area contributed by atoms with Gasteiger partial charge >= 0.3 is 0 Å². The van der Waals surface area contributed by atoms with E-state index in [0.29, 0.717) is 0 Å². The van der Waals surface area contributed by atoms with Gasteiger partial charge in [-0.25, -0.2) is 0 Å². The first kappa shape index (κ1) is 12.4. The number of benzene rings is 2. The molecule has 0 aromatic heterocycles. The Kier molecular flexibility index (Phi) is 4.15. The number of aliphatic hydroxyl groups excluding tert-OH is 1. The fourth-order valence-electron chi connectivity index (χ4n) is 1.78. The fourth-order valence-corrected chi connectivity index (χ4v) is 1.78. The number of ether oxygens (including phenoxy) is 1. The monoisotopic (exact) mass is 240 g/mol. The maximum Gasteiger partial charge on any atom is 0.118 e. The molecule has 0 saturated heterocycles. The van der Waals surface area contributed by atoms with Crippen molar-refractivity contribution < 1.29 is 9.84 Å². The lowest BCUT2D eigenvalue weighted by molar-refractivity contribution is 0.350. The lowest BCUT2D eigenvalue weighted by Gasteiger charge is -2.06. The van der Waals surface area contributed by atoms with E-state index in [2.05, 4.69) is 0 Å². The van der Waals surface area contributed by atoms with Crippen LogP contribution in [0.1, 0.15) is 11.1 Å². The smallest absolute Gasteiger partial charge is 0.118 e. The molecule has 2 nitrogen and oxygen atoms in total. The molecule has 0 bridgehead atoms. The van der Waals surface area contributed by atoms with Crippen LogP contribution < -0.4 is 4.74 Å². The summed E-state index contributed by atoms with van der Waals surface area (Å²) in [7, 11) is 1.64. The van der Waals surface area contributed by atoms with E-state index in [-0.39, 0.29) is 6.61 Å². The molecule has 2 aromatic rings. The van der Waals surface area contributed by atoms with Crippen LogP contribution in [-0.4, -0.2) is 18.8 Å². The van der Waals surface area contributed by atoms with Gasteiger partial charge in [-0.05, 0) is 34.9 Å². The molecule has 1 N–H and O–H groups in total. The molecule has 18 heavy (non-hydrogen) atoms. The Morgan fingerprint density at radius 3 is 2.28 bits per heavy atom. The Hall–Kier alpha value is -2.06. The average molecular weight is 240 g/mol. The molecule has 0 radical (unpaired) electrons. The van der Waals surface area contributed by atoms with Crippen LogP contribution in [0.25, 0.3) is 11.6 Å². The molecule has 0 atom stereocenters. The summed E-state index contributed by atoms with van der Waals surface area (Å²) in [5, 5.41) is 9.47. The standard InChI is InChI=1S/C16H16O2/c1-18-16-9-7-14(8-10-16)15(12-17)11-13-5-3-2-4-6-13/h2-11,17H,12H2,1H3/b15-11-. The SMILES string of the molecule is COc1ccc(/C(=C\c2ccccc2)CO)cc1. The molecule has 0 aliphatic heterocycles. The molecular weight excluding hydrogens is 224 g/mol. The summed E-state index contributed by atoms with van der Waals surface area (Å²) in [5.41, 5.74) is 2.98. The van der Waals surface area contributed by atoms with Crippen LogP contribution in [-0.2, 0) is 0 Å². The molecule has 0 saturated carbocycles. The number of hydrogen-bond donors (Lipinski definition) is 1. The van der Waals surface area contributed by atoms with Crippen LogP contribution in [0.3, 0.4) is 0 Å². The molecule has 0 aliphatic carbocycles. The molecule has 2 rings (SSSR count). The fraction of sp³-hybridized carbons (Fsp3) is 0.125. The lowest BCUT2D eigenvalue weighted by atomic mass is 10.0. The summed E-state index contributed by atoms with van der Waals surface area (Å²) in [4.78, 5) is 0. The van der Waals surface area contributed by atoms with E-state index < -0.39 is 0 Å². The van der Waals surface area contributed by atoms with Crippen molar-refractivity contribution in [3.63, 3.8) is 0 Å². The van der Waals surface area contributed by atoms with Crippen molar-refractivity contribution in [2.24, 2.45) is 0 Å². The Morgan fingerprint density at radius 1 is 1.06 bits per heavy atom. The highest BCUT2D eigenvalue weighted by Crippen LogP contribution is 2.20. The van der Waals surface area contributed by atoms with Gasteiger partial charge < -0.3 is 9.84 Å². The molecule has 0 fully saturated rings. The van der Waals surface area contributed by atoms with E-state index in [1.165, 1.54) is 0 Å². The van der Waals surface area contributed by atoms with Gasteiger partial charge in [0, 0.05) is 0 Å². The zero-order valence-electron chi connectivity index (χ0n) is 10.3. The second-order valence-electron chi connectivity index (χ2n) is 3.97. The summed E-state index contributed by atoms with van der Waals surface area (Å²) in [6.45, 7) is 0.0151. The zero-order chi connectivity index (χ0) is 12.8. The first-order valence-corrected chi connectivity index (χ1v) is 5.84. The molecule has 92 valence electrons. The minimum Gasteiger partial charge on any atom is -0.497 e. The molecule has 0 spiro atoms. The predicted octanol–water partition coefficient (Wildman–Crippen LogP) is 3.23. The van der Waals surface area contributed by atoms with Crippen molar-refractivity contribution >= 4 is 11.6 Å². The quantitative estimate of drug-likeness (QED) is 0.831. The van der Waals surface area contributed by atoms with E-state index in [0.717, 1.165) is 22.4 Å². The first-order chi connectivity index (χ1) is 8.83. The van der Waals surface area contributed by atoms with E-state index in [4.69, 9.17) is 4.74 Å². The van der Waals surface area contributed by atoms with Gasteiger partial charge in [0.05, 0.1) is 13.7 Å². The highest BCUT2D eigenvalue weighted by molar-refractivity contribution is 5.82. The van der Waals surface area contributed by atoms with Gasteiger partial charge in [-0.2, -0.15) is 0 Å². The van der Waals surface area contributed by atoms with Gasteiger partial charge in [0.2, 0.25) is 0 Å². The summed E-state index contributed by atoms with van der Waals surface area (Å²) in [6.07, 6.45) is 1.99. The van der Waals surface area contributed by atoms with E-state index in [1.807, 2.05) is 60.7 Å². The maximum atomic E-state index is 9.47. The lowest BCUT2D eigenvalue weighted by Crippen LogP contribution is -1.91. The minimum absolute atomic E-state index is 0.0151. The van der Waals surface area contributed by atoms with Gasteiger partial charge in [0.15, 0.2) is 0 Å². The van der Waals surface area contributed by atoms with Crippen LogP contribution in [0.5, 0.6) is 5.75 Å². The van der Waals surface area contributed by atoms with Crippen LogP contribution in [0.15, 0.2) is 54.6 Å². The molecule has 2 heteroatoms. The molecule has 0 heterocycles. The van der Waals surface area contributed by atoms with Crippen LogP contribution >= 0.6 is 0 Å². The summed E-state index contributed by atoms with van der Waals surface area (Å²) in [6, 6.07) is 17.6. The predicted molar refractivity (Wildman–Crippen MR) is 74.4 cm³/mol. The molecular formula is C16H16O2. The highest BCUT2D eigenvalue weighted by Gasteiger charge is 2.01. The normalized spacial score (nSPS) is 11.3. The largest absolute Gasteiger partial charge is 0.497 e. The second kappa shape index (κ2) is 6.03. The highest BCUT2D eigenvalue weighted by atomic mass is 16.5. The third kappa shape index (κ3) is 2.99. The van der Waals surface area contributed by atoms with E-state index >= 15 is 0 Å². The van der Waals surface area contributed by atoms with Crippen molar-refractivity contribution in [3.05, 3.63) is 65.7 Å². The minimum atomic E-state index is 0.0151. The van der Waals surface area contributed by atoms with Crippen LogP contribution in [0.4, 0.5) is 0 Å².